The molecule has 5 nitrogen and oxygen atoms in total. The molecule has 1 aromatic rings. The third kappa shape index (κ3) is 5.45. The zero-order valence-corrected chi connectivity index (χ0v) is 14.4. The van der Waals surface area contributed by atoms with Gasteiger partial charge in [0, 0.05) is 13.0 Å². The van der Waals surface area contributed by atoms with Gasteiger partial charge in [0.25, 0.3) is 0 Å². The summed E-state index contributed by atoms with van der Waals surface area (Å²) in [6, 6.07) is 6.25. The lowest BCUT2D eigenvalue weighted by Gasteiger charge is -2.24. The van der Waals surface area contributed by atoms with Gasteiger partial charge in [0.05, 0.1) is 19.3 Å². The average molecular weight is 335 g/mol. The zero-order chi connectivity index (χ0) is 16.6. The topological polar surface area (TPSA) is 62.9 Å². The Morgan fingerprint density at radius 2 is 1.75 bits per heavy atom. The van der Waals surface area contributed by atoms with E-state index in [2.05, 4.69) is 12.1 Å². The molecule has 0 aliphatic carbocycles. The Kier molecular flexibility index (Phi) is 6.90. The lowest BCUT2D eigenvalue weighted by molar-refractivity contribution is -0.106. The molecule has 2 heterocycles. The summed E-state index contributed by atoms with van der Waals surface area (Å²) >= 11 is 0. The van der Waals surface area contributed by atoms with Crippen molar-refractivity contribution >= 4 is 0 Å². The van der Waals surface area contributed by atoms with Crippen molar-refractivity contribution in [3.05, 3.63) is 29.3 Å². The van der Waals surface area contributed by atoms with Crippen LogP contribution in [0.3, 0.4) is 0 Å². The first-order valence-corrected chi connectivity index (χ1v) is 9.18. The third-order valence-electron chi connectivity index (χ3n) is 4.71. The second kappa shape index (κ2) is 9.37. The summed E-state index contributed by atoms with van der Waals surface area (Å²) < 4.78 is 17.5. The number of benzene rings is 1. The van der Waals surface area contributed by atoms with E-state index in [1.165, 1.54) is 24.8 Å². The number of ether oxygens (including phenoxy) is 3. The molecule has 2 aliphatic rings. The second-order valence-electron chi connectivity index (χ2n) is 6.74. The van der Waals surface area contributed by atoms with E-state index in [1.54, 1.807) is 0 Å². The smallest absolute Gasteiger partial charge is 0.199 e. The molecular weight excluding hydrogens is 306 g/mol. The molecule has 134 valence electrons. The fourth-order valence-electron chi connectivity index (χ4n) is 3.44. The van der Waals surface area contributed by atoms with Gasteiger partial charge in [-0.25, -0.2) is 5.90 Å². The maximum Gasteiger partial charge on any atom is 0.199 e. The molecule has 3 rings (SSSR count). The molecule has 2 fully saturated rings. The Hall–Kier alpha value is -1.14. The molecule has 2 atom stereocenters. The molecule has 0 radical (unpaired) electrons. The SMILES string of the molecule is NOCc1cc(CCC2CCCCO2)cc(OC2CCCCO2)c1. The summed E-state index contributed by atoms with van der Waals surface area (Å²) in [6.45, 7) is 2.07. The Morgan fingerprint density at radius 3 is 2.46 bits per heavy atom. The minimum absolute atomic E-state index is 0.137. The van der Waals surface area contributed by atoms with Crippen LogP contribution in [0.2, 0.25) is 0 Å². The van der Waals surface area contributed by atoms with Crippen molar-refractivity contribution < 1.29 is 19.0 Å². The van der Waals surface area contributed by atoms with Crippen LogP contribution in [0, 0.1) is 0 Å². The van der Waals surface area contributed by atoms with Crippen molar-refractivity contribution in [3.63, 3.8) is 0 Å². The zero-order valence-electron chi connectivity index (χ0n) is 14.4. The van der Waals surface area contributed by atoms with Crippen molar-refractivity contribution in [2.24, 2.45) is 5.90 Å². The number of rotatable bonds is 7. The first-order chi connectivity index (χ1) is 11.8. The van der Waals surface area contributed by atoms with Gasteiger partial charge in [-0.15, -0.1) is 0 Å². The normalized spacial score (nSPS) is 24.7. The molecule has 1 aromatic carbocycles. The number of hydrogen-bond acceptors (Lipinski definition) is 5. The largest absolute Gasteiger partial charge is 0.465 e. The van der Waals surface area contributed by atoms with Crippen LogP contribution in [-0.2, 0) is 27.3 Å². The number of hydrogen-bond donors (Lipinski definition) is 1. The van der Waals surface area contributed by atoms with Crippen molar-refractivity contribution in [2.75, 3.05) is 13.2 Å². The van der Waals surface area contributed by atoms with Crippen molar-refractivity contribution in [1.82, 2.24) is 0 Å². The van der Waals surface area contributed by atoms with Gasteiger partial charge in [0.1, 0.15) is 5.75 Å². The molecule has 2 aliphatic heterocycles. The quantitative estimate of drug-likeness (QED) is 0.773. The highest BCUT2D eigenvalue weighted by molar-refractivity contribution is 5.34. The highest BCUT2D eigenvalue weighted by Crippen LogP contribution is 2.25. The van der Waals surface area contributed by atoms with Crippen molar-refractivity contribution in [2.45, 2.75) is 70.4 Å². The molecule has 0 spiro atoms. The molecule has 0 amide bonds. The van der Waals surface area contributed by atoms with E-state index < -0.39 is 0 Å². The monoisotopic (exact) mass is 335 g/mol. The van der Waals surface area contributed by atoms with E-state index in [9.17, 15) is 0 Å². The Bertz CT molecular complexity index is 496. The van der Waals surface area contributed by atoms with Gasteiger partial charge in [-0.05, 0) is 68.2 Å². The first-order valence-electron chi connectivity index (χ1n) is 9.18. The highest BCUT2D eigenvalue weighted by Gasteiger charge is 2.17. The number of aryl methyl sites for hydroxylation is 1. The maximum absolute atomic E-state index is 6.02. The van der Waals surface area contributed by atoms with Gasteiger partial charge in [-0.3, -0.25) is 4.84 Å². The van der Waals surface area contributed by atoms with Crippen LogP contribution >= 0.6 is 0 Å². The van der Waals surface area contributed by atoms with E-state index >= 15 is 0 Å². The van der Waals surface area contributed by atoms with Crippen molar-refractivity contribution in [3.8, 4) is 5.75 Å². The lowest BCUT2D eigenvalue weighted by atomic mass is 10.00. The Labute approximate surface area is 144 Å². The fourth-order valence-corrected chi connectivity index (χ4v) is 3.44. The summed E-state index contributed by atoms with van der Waals surface area (Å²) in [4.78, 5) is 4.81. The van der Waals surface area contributed by atoms with Gasteiger partial charge in [0.15, 0.2) is 6.29 Å². The van der Waals surface area contributed by atoms with Gasteiger partial charge >= 0.3 is 0 Å². The van der Waals surface area contributed by atoms with Crippen LogP contribution < -0.4 is 10.6 Å². The summed E-state index contributed by atoms with van der Waals surface area (Å²) in [5, 5.41) is 0. The minimum atomic E-state index is -0.137. The molecule has 2 unspecified atom stereocenters. The third-order valence-corrected chi connectivity index (χ3v) is 4.71. The summed E-state index contributed by atoms with van der Waals surface area (Å²) in [6.07, 6.45) is 9.14. The van der Waals surface area contributed by atoms with Gasteiger partial charge in [-0.2, -0.15) is 0 Å². The van der Waals surface area contributed by atoms with E-state index in [4.69, 9.17) is 24.9 Å². The standard InChI is InChI=1S/C19H29NO4/c20-23-14-16-11-15(7-8-17-5-1-3-9-21-17)12-18(13-16)24-19-6-2-4-10-22-19/h11-13,17,19H,1-10,14,20H2. The average Bonchev–Trinajstić information content (AvgIpc) is 2.62. The second-order valence-corrected chi connectivity index (χ2v) is 6.74. The van der Waals surface area contributed by atoms with E-state index in [-0.39, 0.29) is 6.29 Å². The molecule has 24 heavy (non-hydrogen) atoms. The molecule has 0 bridgehead atoms. The minimum Gasteiger partial charge on any atom is -0.465 e. The van der Waals surface area contributed by atoms with Crippen LogP contribution in [0.15, 0.2) is 18.2 Å². The summed E-state index contributed by atoms with van der Waals surface area (Å²) in [7, 11) is 0. The van der Waals surface area contributed by atoms with E-state index in [1.807, 2.05) is 6.07 Å². The molecule has 0 aromatic heterocycles. The Morgan fingerprint density at radius 1 is 0.958 bits per heavy atom. The van der Waals surface area contributed by atoms with Gasteiger partial charge in [-0.1, -0.05) is 6.07 Å². The van der Waals surface area contributed by atoms with E-state index in [0.29, 0.717) is 12.7 Å². The molecule has 5 heteroatoms. The molecular formula is C19H29NO4. The lowest BCUT2D eigenvalue weighted by Crippen LogP contribution is -2.25. The summed E-state index contributed by atoms with van der Waals surface area (Å²) in [5.41, 5.74) is 2.27. The van der Waals surface area contributed by atoms with Crippen LogP contribution in [0.1, 0.15) is 56.1 Å². The van der Waals surface area contributed by atoms with Crippen LogP contribution in [0.25, 0.3) is 0 Å². The predicted molar refractivity (Wildman–Crippen MR) is 91.5 cm³/mol. The van der Waals surface area contributed by atoms with Crippen LogP contribution in [0.4, 0.5) is 0 Å². The van der Waals surface area contributed by atoms with Crippen LogP contribution in [0.5, 0.6) is 5.75 Å². The highest BCUT2D eigenvalue weighted by atomic mass is 16.7. The van der Waals surface area contributed by atoms with Crippen molar-refractivity contribution in [1.29, 1.82) is 0 Å². The van der Waals surface area contributed by atoms with E-state index in [0.717, 1.165) is 56.6 Å². The molecule has 2 saturated heterocycles. The maximum atomic E-state index is 6.02. The Balaban J connectivity index is 1.62. The first kappa shape index (κ1) is 17.7. The fraction of sp³-hybridized carbons (Fsp3) is 0.684. The molecule has 2 N–H and O–H groups in total. The molecule has 0 saturated carbocycles. The van der Waals surface area contributed by atoms with Gasteiger partial charge < -0.3 is 14.2 Å². The van der Waals surface area contributed by atoms with Crippen LogP contribution in [-0.4, -0.2) is 25.6 Å². The predicted octanol–water partition coefficient (Wildman–Crippen LogP) is 3.48. The summed E-state index contributed by atoms with van der Waals surface area (Å²) in [5.74, 6) is 6.09. The van der Waals surface area contributed by atoms with Gasteiger partial charge in [0.2, 0.25) is 0 Å². The number of nitrogens with two attached hydrogens (primary N) is 1.